The van der Waals surface area contributed by atoms with Crippen LogP contribution in [0.1, 0.15) is 5.56 Å². The third-order valence-electron chi connectivity index (χ3n) is 3.73. The first-order chi connectivity index (χ1) is 13.0. The lowest BCUT2D eigenvalue weighted by Crippen LogP contribution is -2.32. The van der Waals surface area contributed by atoms with Crippen LogP contribution in [-0.2, 0) is 9.59 Å². The molecule has 2 amide bonds. The van der Waals surface area contributed by atoms with Gasteiger partial charge in [0, 0.05) is 23.2 Å². The second kappa shape index (κ2) is 7.87. The molecule has 27 heavy (non-hydrogen) atoms. The van der Waals surface area contributed by atoms with Gasteiger partial charge in [-0.3, -0.25) is 19.7 Å². The van der Waals surface area contributed by atoms with E-state index < -0.39 is 16.7 Å². The number of carbonyl (C=O) groups excluding carboxylic acids is 2. The maximum atomic E-state index is 12.0. The van der Waals surface area contributed by atoms with Crippen molar-refractivity contribution in [2.45, 2.75) is 0 Å². The van der Waals surface area contributed by atoms with Crippen molar-refractivity contribution < 1.29 is 14.5 Å². The van der Waals surface area contributed by atoms with Gasteiger partial charge in [0.05, 0.1) is 11.1 Å². The zero-order chi connectivity index (χ0) is 19.2. The molecule has 0 aromatic heterocycles. The van der Waals surface area contributed by atoms with E-state index in [0.29, 0.717) is 11.3 Å². The van der Waals surface area contributed by atoms with E-state index in [2.05, 4.69) is 15.8 Å². The van der Waals surface area contributed by atoms with Gasteiger partial charge in [0.15, 0.2) is 0 Å². The molecule has 0 unspecified atom stereocenters. The zero-order valence-electron chi connectivity index (χ0n) is 14.0. The topological polar surface area (TPSA) is 114 Å². The minimum absolute atomic E-state index is 0.0503. The van der Waals surface area contributed by atoms with Crippen molar-refractivity contribution >= 4 is 40.2 Å². The normalized spacial score (nSPS) is 10.7. The Hall–Kier alpha value is -4.07. The molecule has 0 aliphatic carbocycles. The van der Waals surface area contributed by atoms with Crippen LogP contribution in [0.4, 0.5) is 11.4 Å². The van der Waals surface area contributed by atoms with Gasteiger partial charge in [-0.1, -0.05) is 36.4 Å². The first-order valence-electron chi connectivity index (χ1n) is 7.91. The van der Waals surface area contributed by atoms with Crippen LogP contribution >= 0.6 is 0 Å². The maximum Gasteiger partial charge on any atom is 0.329 e. The summed E-state index contributed by atoms with van der Waals surface area (Å²) in [5.41, 5.74) is 3.13. The molecule has 8 nitrogen and oxygen atoms in total. The highest BCUT2D eigenvalue weighted by Crippen LogP contribution is 2.22. The minimum Gasteiger partial charge on any atom is -0.317 e. The Balaban J connectivity index is 1.62. The predicted molar refractivity (Wildman–Crippen MR) is 101 cm³/mol. The highest BCUT2D eigenvalue weighted by atomic mass is 16.6. The van der Waals surface area contributed by atoms with Gasteiger partial charge < -0.3 is 5.32 Å². The lowest BCUT2D eigenvalue weighted by Gasteiger charge is -2.07. The number of rotatable bonds is 4. The number of non-ortho nitro benzene ring substituents is 1. The van der Waals surface area contributed by atoms with E-state index in [1.54, 1.807) is 12.1 Å². The average molecular weight is 362 g/mol. The molecule has 0 fully saturated rings. The summed E-state index contributed by atoms with van der Waals surface area (Å²) in [4.78, 5) is 34.0. The van der Waals surface area contributed by atoms with Crippen LogP contribution < -0.4 is 10.7 Å². The molecule has 2 N–H and O–H groups in total. The van der Waals surface area contributed by atoms with E-state index in [1.165, 1.54) is 30.5 Å². The lowest BCUT2D eigenvalue weighted by molar-refractivity contribution is -0.384. The van der Waals surface area contributed by atoms with Crippen LogP contribution in [0, 0.1) is 10.1 Å². The number of hydrogen-bond acceptors (Lipinski definition) is 5. The third kappa shape index (κ3) is 4.31. The zero-order valence-corrected chi connectivity index (χ0v) is 14.0. The number of benzene rings is 3. The van der Waals surface area contributed by atoms with Crippen molar-refractivity contribution in [2.75, 3.05) is 5.32 Å². The third-order valence-corrected chi connectivity index (χ3v) is 3.73. The summed E-state index contributed by atoms with van der Waals surface area (Å²) in [6, 6.07) is 18.4. The number of nitro benzene ring substituents is 1. The van der Waals surface area contributed by atoms with Crippen LogP contribution in [0.25, 0.3) is 10.8 Å². The van der Waals surface area contributed by atoms with Gasteiger partial charge in [-0.05, 0) is 29.1 Å². The summed E-state index contributed by atoms with van der Waals surface area (Å²) >= 11 is 0. The van der Waals surface area contributed by atoms with Crippen LogP contribution in [0.15, 0.2) is 71.8 Å². The van der Waals surface area contributed by atoms with E-state index in [0.717, 1.165) is 10.8 Å². The number of hydrogen-bond donors (Lipinski definition) is 2. The molecule has 0 atom stereocenters. The lowest BCUT2D eigenvalue weighted by atomic mass is 10.1. The summed E-state index contributed by atoms with van der Waals surface area (Å²) in [5.74, 6) is -1.78. The molecule has 0 spiro atoms. The molecule has 3 aromatic rings. The summed E-state index contributed by atoms with van der Waals surface area (Å²) in [6.45, 7) is 0. The smallest absolute Gasteiger partial charge is 0.317 e. The Labute approximate surface area is 153 Å². The summed E-state index contributed by atoms with van der Waals surface area (Å²) in [5, 5.41) is 18.6. The highest BCUT2D eigenvalue weighted by Gasteiger charge is 2.14. The molecule has 0 saturated heterocycles. The molecule has 0 saturated carbocycles. The second-order valence-electron chi connectivity index (χ2n) is 5.53. The molecule has 0 bridgehead atoms. The Morgan fingerprint density at radius 1 is 0.926 bits per heavy atom. The van der Waals surface area contributed by atoms with Gasteiger partial charge in [-0.25, -0.2) is 5.43 Å². The molecule has 0 aliphatic rings. The molecular weight excluding hydrogens is 348 g/mol. The van der Waals surface area contributed by atoms with E-state index in [9.17, 15) is 19.7 Å². The van der Waals surface area contributed by atoms with Crippen molar-refractivity contribution in [1.29, 1.82) is 0 Å². The predicted octanol–water partition coefficient (Wildman–Crippen LogP) is 2.84. The molecular formula is C19H14N4O4. The monoisotopic (exact) mass is 362 g/mol. The number of fused-ring (bicyclic) bond motifs is 1. The van der Waals surface area contributed by atoms with Crippen LogP contribution in [-0.4, -0.2) is 23.0 Å². The fourth-order valence-electron chi connectivity index (χ4n) is 2.41. The Morgan fingerprint density at radius 3 is 2.37 bits per heavy atom. The van der Waals surface area contributed by atoms with Gasteiger partial charge in [0.2, 0.25) is 0 Å². The van der Waals surface area contributed by atoms with Gasteiger partial charge in [-0.15, -0.1) is 0 Å². The van der Waals surface area contributed by atoms with Gasteiger partial charge in [-0.2, -0.15) is 5.10 Å². The van der Waals surface area contributed by atoms with Crippen molar-refractivity contribution in [3.05, 3.63) is 82.4 Å². The SMILES string of the molecule is O=C(NN=Cc1ccc([N+](=O)[O-])cc1)C(=O)Nc1cccc2ccccc12. The summed E-state index contributed by atoms with van der Waals surface area (Å²) in [6.07, 6.45) is 1.28. The van der Waals surface area contributed by atoms with Crippen LogP contribution in [0.5, 0.6) is 0 Å². The second-order valence-corrected chi connectivity index (χ2v) is 5.53. The van der Waals surface area contributed by atoms with Crippen LogP contribution in [0.3, 0.4) is 0 Å². The maximum absolute atomic E-state index is 12.0. The van der Waals surface area contributed by atoms with E-state index in [-0.39, 0.29) is 5.69 Å². The first kappa shape index (κ1) is 17.7. The summed E-state index contributed by atoms with van der Waals surface area (Å²) < 4.78 is 0. The number of nitrogens with zero attached hydrogens (tertiary/aromatic N) is 2. The fourth-order valence-corrected chi connectivity index (χ4v) is 2.41. The Bertz CT molecular complexity index is 1040. The number of anilines is 1. The Kier molecular flexibility index (Phi) is 5.17. The number of hydrazone groups is 1. The summed E-state index contributed by atoms with van der Waals surface area (Å²) in [7, 11) is 0. The van der Waals surface area contributed by atoms with Gasteiger partial charge in [0.25, 0.3) is 5.69 Å². The number of amides is 2. The van der Waals surface area contributed by atoms with E-state index >= 15 is 0 Å². The minimum atomic E-state index is -0.930. The first-order valence-corrected chi connectivity index (χ1v) is 7.91. The largest absolute Gasteiger partial charge is 0.329 e. The van der Waals surface area contributed by atoms with E-state index in [4.69, 9.17) is 0 Å². The molecule has 3 rings (SSSR count). The van der Waals surface area contributed by atoms with Gasteiger partial charge >= 0.3 is 11.8 Å². The molecule has 0 aliphatic heterocycles. The van der Waals surface area contributed by atoms with Crippen LogP contribution in [0.2, 0.25) is 0 Å². The fraction of sp³-hybridized carbons (Fsp3) is 0. The van der Waals surface area contributed by atoms with Crippen molar-refractivity contribution in [2.24, 2.45) is 5.10 Å². The van der Waals surface area contributed by atoms with E-state index in [1.807, 2.05) is 30.3 Å². The highest BCUT2D eigenvalue weighted by molar-refractivity contribution is 6.40. The standard InChI is InChI=1S/C19H14N4O4/c24-18(21-17-7-3-5-14-4-1-2-6-16(14)17)19(25)22-20-12-13-8-10-15(11-9-13)23(26)27/h1-12H,(H,21,24)(H,22,25). The number of carbonyl (C=O) groups is 2. The van der Waals surface area contributed by atoms with Gasteiger partial charge in [0.1, 0.15) is 0 Å². The number of nitro groups is 1. The Morgan fingerprint density at radius 2 is 1.63 bits per heavy atom. The number of nitrogens with one attached hydrogen (secondary N) is 2. The van der Waals surface area contributed by atoms with Crippen molar-refractivity contribution in [3.63, 3.8) is 0 Å². The van der Waals surface area contributed by atoms with Crippen molar-refractivity contribution in [1.82, 2.24) is 5.43 Å². The molecule has 0 heterocycles. The molecule has 134 valence electrons. The van der Waals surface area contributed by atoms with Crippen molar-refractivity contribution in [3.8, 4) is 0 Å². The molecule has 0 radical (unpaired) electrons. The average Bonchev–Trinajstić information content (AvgIpc) is 2.68. The molecule has 8 heteroatoms. The quantitative estimate of drug-likeness (QED) is 0.321. The molecule has 3 aromatic carbocycles.